The normalized spacial score (nSPS) is 12.0. The number of hydrazone groups is 1. The third kappa shape index (κ3) is 5.19. The van der Waals surface area contributed by atoms with Gasteiger partial charge in [0.15, 0.2) is 11.5 Å². The van der Waals surface area contributed by atoms with Gasteiger partial charge in [0.05, 0.1) is 24.5 Å². The number of nitrogens with zero attached hydrogens (tertiary/aromatic N) is 2. The summed E-state index contributed by atoms with van der Waals surface area (Å²) in [6.07, 6.45) is 3.88. The molecule has 1 N–H and O–H groups in total. The van der Waals surface area contributed by atoms with Crippen LogP contribution in [0.3, 0.4) is 0 Å². The van der Waals surface area contributed by atoms with Gasteiger partial charge in [-0.25, -0.2) is 5.43 Å². The highest BCUT2D eigenvalue weighted by molar-refractivity contribution is 6.32. The molecule has 1 atom stereocenters. The molecule has 0 unspecified atom stereocenters. The summed E-state index contributed by atoms with van der Waals surface area (Å²) < 4.78 is 11.1. The number of carbonyl (C=O) groups is 1. The van der Waals surface area contributed by atoms with E-state index in [1.54, 1.807) is 43.6 Å². The Balaban J connectivity index is 2.12. The molecule has 0 saturated heterocycles. The molecule has 6 nitrogen and oxygen atoms in total. The van der Waals surface area contributed by atoms with Crippen LogP contribution >= 0.6 is 11.6 Å². The Morgan fingerprint density at radius 1 is 1.44 bits per heavy atom. The summed E-state index contributed by atoms with van der Waals surface area (Å²) in [6, 6.07) is 8.49. The van der Waals surface area contributed by atoms with E-state index in [-0.39, 0.29) is 11.8 Å². The topological polar surface area (TPSA) is 72.8 Å². The molecule has 0 aliphatic rings. The molecule has 25 heavy (non-hydrogen) atoms. The number of hydrogen-bond acceptors (Lipinski definition) is 5. The van der Waals surface area contributed by atoms with Crippen LogP contribution in [0.5, 0.6) is 11.5 Å². The van der Waals surface area contributed by atoms with E-state index in [2.05, 4.69) is 15.5 Å². The number of nitrogens with one attached hydrogen (secondary N) is 1. The third-order valence-corrected chi connectivity index (χ3v) is 3.70. The van der Waals surface area contributed by atoms with Gasteiger partial charge >= 0.3 is 0 Å². The summed E-state index contributed by atoms with van der Waals surface area (Å²) in [4.78, 5) is 15.8. The van der Waals surface area contributed by atoms with Crippen LogP contribution in [0.25, 0.3) is 0 Å². The van der Waals surface area contributed by atoms with Gasteiger partial charge in [0, 0.05) is 6.20 Å². The van der Waals surface area contributed by atoms with E-state index in [0.29, 0.717) is 22.1 Å². The van der Waals surface area contributed by atoms with E-state index in [1.807, 2.05) is 13.8 Å². The molecule has 1 aromatic carbocycles. The second kappa shape index (κ2) is 9.03. The van der Waals surface area contributed by atoms with Crippen molar-refractivity contribution in [3.05, 3.63) is 52.8 Å². The smallest absolute Gasteiger partial charge is 0.289 e. The number of benzene rings is 1. The molecule has 0 fully saturated rings. The predicted molar refractivity (Wildman–Crippen MR) is 97.7 cm³/mol. The van der Waals surface area contributed by atoms with Crippen LogP contribution in [-0.2, 0) is 0 Å². The van der Waals surface area contributed by atoms with Gasteiger partial charge in [0.2, 0.25) is 0 Å². The number of amides is 1. The van der Waals surface area contributed by atoms with Crippen molar-refractivity contribution in [2.75, 3.05) is 7.11 Å². The molecule has 0 saturated carbocycles. The number of pyridine rings is 1. The van der Waals surface area contributed by atoms with Crippen molar-refractivity contribution < 1.29 is 14.3 Å². The standard InChI is InChI=1S/C18H20ClN3O3/c1-4-12(2)25-17-14(19)9-13(10-16(17)24-3)11-21-22-18(23)15-7-5-6-8-20-15/h5-12H,4H2,1-3H3,(H,22,23)/b21-11-/t12-/m1/s1. The Morgan fingerprint density at radius 3 is 2.88 bits per heavy atom. The molecule has 0 spiro atoms. The minimum Gasteiger partial charge on any atom is -0.493 e. The van der Waals surface area contributed by atoms with E-state index in [9.17, 15) is 4.79 Å². The number of methoxy groups -OCH3 is 1. The summed E-state index contributed by atoms with van der Waals surface area (Å²) >= 11 is 6.29. The van der Waals surface area contributed by atoms with Crippen molar-refractivity contribution >= 4 is 23.7 Å². The van der Waals surface area contributed by atoms with Crippen LogP contribution in [0.2, 0.25) is 5.02 Å². The van der Waals surface area contributed by atoms with Crippen LogP contribution in [0, 0.1) is 0 Å². The van der Waals surface area contributed by atoms with Gasteiger partial charge in [-0.1, -0.05) is 24.6 Å². The summed E-state index contributed by atoms with van der Waals surface area (Å²) in [5.41, 5.74) is 3.36. The van der Waals surface area contributed by atoms with E-state index in [1.165, 1.54) is 6.21 Å². The van der Waals surface area contributed by atoms with Gasteiger partial charge < -0.3 is 9.47 Å². The zero-order valence-corrected chi connectivity index (χ0v) is 15.1. The Kier molecular flexibility index (Phi) is 6.77. The quantitative estimate of drug-likeness (QED) is 0.603. The molecule has 7 heteroatoms. The van der Waals surface area contributed by atoms with E-state index in [4.69, 9.17) is 21.1 Å². The molecule has 2 aromatic rings. The average molecular weight is 362 g/mol. The molecule has 0 bridgehead atoms. The Bertz CT molecular complexity index is 751. The lowest BCUT2D eigenvalue weighted by atomic mass is 10.2. The first-order valence-electron chi connectivity index (χ1n) is 7.83. The highest BCUT2D eigenvalue weighted by Gasteiger charge is 2.14. The van der Waals surface area contributed by atoms with Crippen LogP contribution < -0.4 is 14.9 Å². The molecule has 0 radical (unpaired) electrons. The summed E-state index contributed by atoms with van der Waals surface area (Å²) in [5.74, 6) is 0.602. The van der Waals surface area contributed by atoms with Crippen molar-refractivity contribution in [1.29, 1.82) is 0 Å². The number of ether oxygens (including phenoxy) is 2. The van der Waals surface area contributed by atoms with Crippen molar-refractivity contribution in [2.24, 2.45) is 5.10 Å². The van der Waals surface area contributed by atoms with Gasteiger partial charge in [-0.15, -0.1) is 0 Å². The fraction of sp³-hybridized carbons (Fsp3) is 0.278. The Hall–Kier alpha value is -2.60. The van der Waals surface area contributed by atoms with Crippen LogP contribution in [0.1, 0.15) is 36.3 Å². The van der Waals surface area contributed by atoms with E-state index in [0.717, 1.165) is 6.42 Å². The predicted octanol–water partition coefficient (Wildman–Crippen LogP) is 3.68. The van der Waals surface area contributed by atoms with Gasteiger partial charge in [0.25, 0.3) is 5.91 Å². The van der Waals surface area contributed by atoms with Crippen molar-refractivity contribution in [2.45, 2.75) is 26.4 Å². The molecule has 0 aliphatic carbocycles. The van der Waals surface area contributed by atoms with Gasteiger partial charge in [-0.3, -0.25) is 9.78 Å². The van der Waals surface area contributed by atoms with E-state index >= 15 is 0 Å². The molecule has 132 valence electrons. The fourth-order valence-corrected chi connectivity index (χ4v) is 2.20. The van der Waals surface area contributed by atoms with Crippen LogP contribution in [0.15, 0.2) is 41.6 Å². The SMILES string of the molecule is CC[C@@H](C)Oc1c(Cl)cc(/C=N\NC(=O)c2ccccn2)cc1OC. The third-order valence-electron chi connectivity index (χ3n) is 3.42. The zero-order chi connectivity index (χ0) is 18.2. The maximum Gasteiger partial charge on any atom is 0.289 e. The molecular weight excluding hydrogens is 342 g/mol. The maximum atomic E-state index is 11.9. The number of carbonyl (C=O) groups excluding carboxylic acids is 1. The Morgan fingerprint density at radius 2 is 2.24 bits per heavy atom. The van der Waals surface area contributed by atoms with Crippen molar-refractivity contribution in [3.63, 3.8) is 0 Å². The first-order chi connectivity index (χ1) is 12.0. The minimum absolute atomic E-state index is 0.0172. The minimum atomic E-state index is -0.397. The second-order valence-corrected chi connectivity index (χ2v) is 5.69. The molecule has 1 aromatic heterocycles. The molecule has 0 aliphatic heterocycles. The summed E-state index contributed by atoms with van der Waals surface area (Å²) in [7, 11) is 1.54. The Labute approximate surface area is 151 Å². The van der Waals surface area contributed by atoms with Crippen molar-refractivity contribution in [1.82, 2.24) is 10.4 Å². The second-order valence-electron chi connectivity index (χ2n) is 5.28. The maximum absolute atomic E-state index is 11.9. The molecule has 1 heterocycles. The summed E-state index contributed by atoms with van der Waals surface area (Å²) in [5, 5.41) is 4.34. The molecular formula is C18H20ClN3O3. The highest BCUT2D eigenvalue weighted by atomic mass is 35.5. The fourth-order valence-electron chi connectivity index (χ4n) is 1.93. The number of rotatable bonds is 7. The van der Waals surface area contributed by atoms with E-state index < -0.39 is 5.91 Å². The highest BCUT2D eigenvalue weighted by Crippen LogP contribution is 2.37. The zero-order valence-electron chi connectivity index (χ0n) is 14.3. The molecule has 2 rings (SSSR count). The summed E-state index contributed by atoms with van der Waals surface area (Å²) in [6.45, 7) is 3.98. The van der Waals surface area contributed by atoms with Crippen LogP contribution in [-0.4, -0.2) is 30.3 Å². The first-order valence-corrected chi connectivity index (χ1v) is 8.21. The number of aromatic nitrogens is 1. The van der Waals surface area contributed by atoms with Crippen molar-refractivity contribution in [3.8, 4) is 11.5 Å². The number of hydrogen-bond donors (Lipinski definition) is 1. The average Bonchev–Trinajstić information content (AvgIpc) is 2.63. The van der Waals surface area contributed by atoms with Gasteiger partial charge in [-0.2, -0.15) is 5.10 Å². The lowest BCUT2D eigenvalue weighted by Crippen LogP contribution is -2.18. The number of halogens is 1. The van der Waals surface area contributed by atoms with Gasteiger partial charge in [0.1, 0.15) is 5.69 Å². The van der Waals surface area contributed by atoms with Gasteiger partial charge in [-0.05, 0) is 43.2 Å². The molecule has 1 amide bonds. The lowest BCUT2D eigenvalue weighted by molar-refractivity contribution is 0.0950. The monoisotopic (exact) mass is 361 g/mol. The lowest BCUT2D eigenvalue weighted by Gasteiger charge is -2.17. The largest absolute Gasteiger partial charge is 0.493 e. The first kappa shape index (κ1) is 18.7. The van der Waals surface area contributed by atoms with Crippen LogP contribution in [0.4, 0.5) is 0 Å².